The van der Waals surface area contributed by atoms with Gasteiger partial charge < -0.3 is 10.1 Å². The number of carbonyl (C=O) groups excluding carboxylic acids is 1. The Morgan fingerprint density at radius 3 is 2.88 bits per heavy atom. The van der Waals surface area contributed by atoms with Crippen molar-refractivity contribution >= 4 is 6.09 Å². The first-order valence-corrected chi connectivity index (χ1v) is 5.86. The zero-order valence-corrected chi connectivity index (χ0v) is 9.11. The third kappa shape index (κ3) is 1.31. The standard InChI is InChI=1S/C13H15NO2/c15-12-14-13(10-6-2-1-3-7-10)9-5-4-8-11(13)16-12/h1-3,6-7,11H,4-5,8-9H2,(H,14,15)/t11-,13-/m0/s1. The van der Waals surface area contributed by atoms with Crippen LogP contribution in [0.1, 0.15) is 31.2 Å². The summed E-state index contributed by atoms with van der Waals surface area (Å²) in [5.41, 5.74) is 0.905. The molecule has 1 saturated heterocycles. The Bertz CT molecular complexity index is 404. The lowest BCUT2D eigenvalue weighted by molar-refractivity contribution is 0.0765. The maximum atomic E-state index is 11.5. The second-order valence-corrected chi connectivity index (χ2v) is 4.60. The van der Waals surface area contributed by atoms with Gasteiger partial charge in [-0.05, 0) is 24.8 Å². The molecule has 1 aromatic rings. The summed E-state index contributed by atoms with van der Waals surface area (Å²) in [6.45, 7) is 0. The van der Waals surface area contributed by atoms with Crippen molar-refractivity contribution in [1.29, 1.82) is 0 Å². The first-order chi connectivity index (χ1) is 7.81. The highest BCUT2D eigenvalue weighted by Gasteiger charge is 2.50. The Hall–Kier alpha value is -1.51. The molecule has 2 atom stereocenters. The number of nitrogens with one attached hydrogen (secondary N) is 1. The number of fused-ring (bicyclic) bond motifs is 1. The molecule has 0 unspecified atom stereocenters. The van der Waals surface area contributed by atoms with Crippen LogP contribution >= 0.6 is 0 Å². The number of alkyl carbamates (subject to hydrolysis) is 1. The molecule has 1 amide bonds. The number of benzene rings is 1. The van der Waals surface area contributed by atoms with Crippen LogP contribution in [0.15, 0.2) is 30.3 Å². The lowest BCUT2D eigenvalue weighted by Gasteiger charge is -2.36. The van der Waals surface area contributed by atoms with Crippen LogP contribution in [-0.4, -0.2) is 12.2 Å². The van der Waals surface area contributed by atoms with Gasteiger partial charge in [0.05, 0.1) is 0 Å². The molecule has 3 rings (SSSR count). The average Bonchev–Trinajstić information content (AvgIpc) is 2.67. The summed E-state index contributed by atoms with van der Waals surface area (Å²) >= 11 is 0. The predicted molar refractivity (Wildman–Crippen MR) is 60.0 cm³/mol. The third-order valence-corrected chi connectivity index (χ3v) is 3.70. The van der Waals surface area contributed by atoms with Crippen LogP contribution in [0.4, 0.5) is 4.79 Å². The molecule has 1 aromatic carbocycles. The van der Waals surface area contributed by atoms with Crippen LogP contribution in [0, 0.1) is 0 Å². The zero-order valence-electron chi connectivity index (χ0n) is 9.11. The lowest BCUT2D eigenvalue weighted by atomic mass is 9.75. The highest BCUT2D eigenvalue weighted by molar-refractivity contribution is 5.72. The Morgan fingerprint density at radius 1 is 1.25 bits per heavy atom. The molecule has 1 aliphatic carbocycles. The van der Waals surface area contributed by atoms with Gasteiger partial charge in [0.15, 0.2) is 0 Å². The molecule has 84 valence electrons. The fourth-order valence-corrected chi connectivity index (χ4v) is 2.92. The maximum Gasteiger partial charge on any atom is 0.408 e. The Morgan fingerprint density at radius 2 is 2.06 bits per heavy atom. The van der Waals surface area contributed by atoms with Crippen LogP contribution in [-0.2, 0) is 10.3 Å². The van der Waals surface area contributed by atoms with E-state index in [0.29, 0.717) is 0 Å². The third-order valence-electron chi connectivity index (χ3n) is 3.70. The number of ether oxygens (including phenoxy) is 1. The molecule has 3 heteroatoms. The largest absolute Gasteiger partial charge is 0.443 e. The van der Waals surface area contributed by atoms with Crippen molar-refractivity contribution < 1.29 is 9.53 Å². The molecule has 0 bridgehead atoms. The minimum Gasteiger partial charge on any atom is -0.443 e. The van der Waals surface area contributed by atoms with E-state index in [9.17, 15) is 4.79 Å². The van der Waals surface area contributed by atoms with Crippen molar-refractivity contribution in [3.05, 3.63) is 35.9 Å². The summed E-state index contributed by atoms with van der Waals surface area (Å²) in [6.07, 6.45) is 3.98. The lowest BCUT2D eigenvalue weighted by Crippen LogP contribution is -2.47. The summed E-state index contributed by atoms with van der Waals surface area (Å²) in [5, 5.41) is 3.02. The minimum absolute atomic E-state index is 0.0103. The quantitative estimate of drug-likeness (QED) is 0.785. The van der Waals surface area contributed by atoms with Crippen molar-refractivity contribution in [1.82, 2.24) is 5.32 Å². The van der Waals surface area contributed by atoms with Crippen LogP contribution in [0.3, 0.4) is 0 Å². The van der Waals surface area contributed by atoms with Crippen molar-refractivity contribution in [2.75, 3.05) is 0 Å². The van der Waals surface area contributed by atoms with E-state index in [1.54, 1.807) is 0 Å². The van der Waals surface area contributed by atoms with Gasteiger partial charge in [0, 0.05) is 0 Å². The smallest absolute Gasteiger partial charge is 0.408 e. The monoisotopic (exact) mass is 217 g/mol. The van der Waals surface area contributed by atoms with Gasteiger partial charge in [-0.2, -0.15) is 0 Å². The van der Waals surface area contributed by atoms with Crippen LogP contribution < -0.4 is 5.32 Å². The van der Waals surface area contributed by atoms with E-state index in [2.05, 4.69) is 17.4 Å². The fraction of sp³-hybridized carbons (Fsp3) is 0.462. The molecule has 2 fully saturated rings. The van der Waals surface area contributed by atoms with Gasteiger partial charge in [-0.25, -0.2) is 4.79 Å². The van der Waals surface area contributed by atoms with Gasteiger partial charge in [0.1, 0.15) is 11.6 Å². The van der Waals surface area contributed by atoms with Crippen molar-refractivity contribution in [3.63, 3.8) is 0 Å². The molecule has 1 aliphatic heterocycles. The zero-order chi connectivity index (χ0) is 11.0. The Labute approximate surface area is 94.8 Å². The first kappa shape index (κ1) is 9.70. The molecule has 16 heavy (non-hydrogen) atoms. The van der Waals surface area contributed by atoms with Crippen LogP contribution in [0.5, 0.6) is 0 Å². The van der Waals surface area contributed by atoms with Gasteiger partial charge >= 0.3 is 6.09 Å². The van der Waals surface area contributed by atoms with Crippen LogP contribution in [0.2, 0.25) is 0 Å². The number of hydrogen-bond donors (Lipinski definition) is 1. The van der Waals surface area contributed by atoms with Gasteiger partial charge in [-0.3, -0.25) is 0 Å². The first-order valence-electron chi connectivity index (χ1n) is 5.86. The van der Waals surface area contributed by atoms with E-state index < -0.39 is 0 Å². The predicted octanol–water partition coefficient (Wildman–Crippen LogP) is 2.56. The number of rotatable bonds is 1. The van der Waals surface area contributed by atoms with E-state index in [4.69, 9.17) is 4.74 Å². The summed E-state index contributed by atoms with van der Waals surface area (Å²) in [7, 11) is 0. The van der Waals surface area contributed by atoms with Gasteiger partial charge in [-0.1, -0.05) is 36.8 Å². The number of hydrogen-bond acceptors (Lipinski definition) is 2. The van der Waals surface area contributed by atoms with E-state index in [1.807, 2.05) is 18.2 Å². The second kappa shape index (κ2) is 3.51. The fourth-order valence-electron chi connectivity index (χ4n) is 2.92. The van der Waals surface area contributed by atoms with Gasteiger partial charge in [0.25, 0.3) is 0 Å². The minimum atomic E-state index is -0.268. The molecular weight excluding hydrogens is 202 g/mol. The maximum absolute atomic E-state index is 11.5. The molecular formula is C13H15NO2. The number of carbonyl (C=O) groups is 1. The van der Waals surface area contributed by atoms with Crippen molar-refractivity contribution in [2.45, 2.75) is 37.3 Å². The summed E-state index contributed by atoms with van der Waals surface area (Å²) in [5.74, 6) is 0. The van der Waals surface area contributed by atoms with Crippen molar-refractivity contribution in [3.8, 4) is 0 Å². The molecule has 1 heterocycles. The highest BCUT2D eigenvalue weighted by atomic mass is 16.6. The molecule has 3 nitrogen and oxygen atoms in total. The normalized spacial score (nSPS) is 32.8. The molecule has 1 N–H and O–H groups in total. The topological polar surface area (TPSA) is 38.3 Å². The van der Waals surface area contributed by atoms with Gasteiger partial charge in [0.2, 0.25) is 0 Å². The van der Waals surface area contributed by atoms with Crippen molar-refractivity contribution in [2.24, 2.45) is 0 Å². The molecule has 1 saturated carbocycles. The van der Waals surface area contributed by atoms with Crippen LogP contribution in [0.25, 0.3) is 0 Å². The Kier molecular flexibility index (Phi) is 2.13. The summed E-state index contributed by atoms with van der Waals surface area (Å²) in [4.78, 5) is 11.5. The Balaban J connectivity index is 2.03. The van der Waals surface area contributed by atoms with E-state index in [-0.39, 0.29) is 17.7 Å². The second-order valence-electron chi connectivity index (χ2n) is 4.60. The number of amides is 1. The molecule has 0 aromatic heterocycles. The molecule has 0 radical (unpaired) electrons. The van der Waals surface area contributed by atoms with E-state index in [1.165, 1.54) is 5.56 Å². The summed E-state index contributed by atoms with van der Waals surface area (Å²) < 4.78 is 5.37. The van der Waals surface area contributed by atoms with E-state index in [0.717, 1.165) is 25.7 Å². The SMILES string of the molecule is O=C1N[C@]2(c3ccccc3)CCCC[C@@H]2O1. The van der Waals surface area contributed by atoms with E-state index >= 15 is 0 Å². The highest BCUT2D eigenvalue weighted by Crippen LogP contribution is 2.42. The average molecular weight is 217 g/mol. The molecule has 0 spiro atoms. The molecule has 2 aliphatic rings. The van der Waals surface area contributed by atoms with Gasteiger partial charge in [-0.15, -0.1) is 0 Å². The summed E-state index contributed by atoms with van der Waals surface area (Å²) in [6, 6.07) is 10.2.